The van der Waals surface area contributed by atoms with Gasteiger partial charge in [0.2, 0.25) is 5.78 Å². The van der Waals surface area contributed by atoms with E-state index in [9.17, 15) is 33.0 Å². The van der Waals surface area contributed by atoms with Gasteiger partial charge in [0.05, 0.1) is 36.1 Å². The molecule has 0 spiro atoms. The SMILES string of the molecule is O=C(O)CCCC1OC1C[C@@H]1[C@@H]([C@H]2OC2C(=O)COc2cccc(C(F)(F)F)c2)[C@H](O)C[C@@H]1O. The number of carbonyl (C=O) groups is 2. The fourth-order valence-electron chi connectivity index (χ4n) is 4.94. The molecule has 3 N–H and O–H groups in total. The molecular formula is C23H27F3O8. The molecule has 34 heavy (non-hydrogen) atoms. The van der Waals surface area contributed by atoms with Crippen LogP contribution in [0.25, 0.3) is 0 Å². The molecule has 0 bridgehead atoms. The zero-order valence-electron chi connectivity index (χ0n) is 18.2. The van der Waals surface area contributed by atoms with Gasteiger partial charge in [0.1, 0.15) is 18.5 Å². The van der Waals surface area contributed by atoms with Gasteiger partial charge in [-0.2, -0.15) is 13.2 Å². The van der Waals surface area contributed by atoms with Crippen LogP contribution in [0.2, 0.25) is 0 Å². The zero-order valence-corrected chi connectivity index (χ0v) is 18.2. The van der Waals surface area contributed by atoms with Crippen LogP contribution < -0.4 is 4.74 Å². The number of Topliss-reactive ketones (excluding diaryl/α,β-unsaturated/α-hetero) is 1. The second-order valence-electron chi connectivity index (χ2n) is 9.15. The van der Waals surface area contributed by atoms with E-state index in [2.05, 4.69) is 0 Å². The molecule has 3 fully saturated rings. The second kappa shape index (κ2) is 9.80. The highest BCUT2D eigenvalue weighted by molar-refractivity contribution is 5.87. The number of epoxide rings is 2. The van der Waals surface area contributed by atoms with Crippen LogP contribution in [-0.4, -0.2) is 70.3 Å². The Morgan fingerprint density at radius 1 is 1.12 bits per heavy atom. The molecule has 1 aromatic rings. The van der Waals surface area contributed by atoms with Crippen molar-refractivity contribution in [2.45, 2.75) is 74.9 Å². The van der Waals surface area contributed by atoms with Crippen LogP contribution in [0.5, 0.6) is 5.75 Å². The highest BCUT2D eigenvalue weighted by atomic mass is 19.4. The molecule has 4 rings (SSSR count). The quantitative estimate of drug-likeness (QED) is 0.405. The monoisotopic (exact) mass is 488 g/mol. The predicted molar refractivity (Wildman–Crippen MR) is 109 cm³/mol. The van der Waals surface area contributed by atoms with E-state index in [1.165, 1.54) is 12.1 Å². The molecule has 11 heteroatoms. The smallest absolute Gasteiger partial charge is 0.416 e. The summed E-state index contributed by atoms with van der Waals surface area (Å²) in [6.07, 6.45) is -6.11. The third-order valence-corrected chi connectivity index (χ3v) is 6.75. The molecule has 3 unspecified atom stereocenters. The van der Waals surface area contributed by atoms with Crippen LogP contribution in [0.3, 0.4) is 0 Å². The third-order valence-electron chi connectivity index (χ3n) is 6.75. The summed E-state index contributed by atoms with van der Waals surface area (Å²) in [6, 6.07) is 4.23. The number of aliphatic hydroxyl groups is 2. The van der Waals surface area contributed by atoms with Gasteiger partial charge in [0.15, 0.2) is 0 Å². The number of ether oxygens (including phenoxy) is 3. The van der Waals surface area contributed by atoms with Crippen molar-refractivity contribution >= 4 is 11.8 Å². The number of hydrogen-bond donors (Lipinski definition) is 3. The summed E-state index contributed by atoms with van der Waals surface area (Å²) in [5.74, 6) is -2.25. The minimum atomic E-state index is -4.52. The fourth-order valence-corrected chi connectivity index (χ4v) is 4.94. The second-order valence-corrected chi connectivity index (χ2v) is 9.15. The normalized spacial score (nSPS) is 34.6. The van der Waals surface area contributed by atoms with Crippen LogP contribution in [0.15, 0.2) is 24.3 Å². The molecule has 2 heterocycles. The molecule has 2 aliphatic heterocycles. The van der Waals surface area contributed by atoms with Crippen LogP contribution in [0.1, 0.15) is 37.7 Å². The van der Waals surface area contributed by atoms with Gasteiger partial charge < -0.3 is 29.5 Å². The number of benzene rings is 1. The number of carbonyl (C=O) groups excluding carboxylic acids is 1. The molecule has 8 atom stereocenters. The van der Waals surface area contributed by atoms with Gasteiger partial charge in [0.25, 0.3) is 0 Å². The molecular weight excluding hydrogens is 461 g/mol. The number of aliphatic hydroxyl groups excluding tert-OH is 2. The number of ketones is 1. The predicted octanol–water partition coefficient (Wildman–Crippen LogP) is 2.19. The molecule has 3 aliphatic rings. The van der Waals surface area contributed by atoms with Crippen molar-refractivity contribution in [1.82, 2.24) is 0 Å². The molecule has 0 radical (unpaired) electrons. The summed E-state index contributed by atoms with van der Waals surface area (Å²) >= 11 is 0. The topological polar surface area (TPSA) is 129 Å². The van der Waals surface area contributed by atoms with Crippen LogP contribution in [0, 0.1) is 11.8 Å². The molecule has 1 aromatic carbocycles. The lowest BCUT2D eigenvalue weighted by Crippen LogP contribution is -2.31. The standard InChI is InChI=1S/C23H27F3O8/c24-23(25,26)11-3-1-4-12(7-11)32-10-16(29)21-22(34-21)20-13(14(27)9-15(20)28)8-18-17(33-18)5-2-6-19(30)31/h1,3-4,7,13-15,17-18,20-22,27-28H,2,5-6,8-10H2,(H,30,31)/t13-,14-,15+,17?,18?,20+,21?,22+/m0/s1. The van der Waals surface area contributed by atoms with Crippen LogP contribution in [0.4, 0.5) is 13.2 Å². The minimum absolute atomic E-state index is 0.0578. The fraction of sp³-hybridized carbons (Fsp3) is 0.652. The van der Waals surface area contributed by atoms with E-state index in [4.69, 9.17) is 19.3 Å². The Morgan fingerprint density at radius 3 is 2.59 bits per heavy atom. The number of rotatable bonds is 11. The van der Waals surface area contributed by atoms with Crippen molar-refractivity contribution in [3.63, 3.8) is 0 Å². The Labute approximate surface area is 193 Å². The first-order valence-corrected chi connectivity index (χ1v) is 11.3. The average molecular weight is 488 g/mol. The maximum absolute atomic E-state index is 12.8. The van der Waals surface area contributed by atoms with Crippen molar-refractivity contribution in [2.24, 2.45) is 11.8 Å². The van der Waals surface area contributed by atoms with Gasteiger partial charge in [-0.25, -0.2) is 0 Å². The van der Waals surface area contributed by atoms with E-state index in [0.29, 0.717) is 19.3 Å². The third kappa shape index (κ3) is 5.88. The lowest BCUT2D eigenvalue weighted by atomic mass is 9.84. The summed E-state index contributed by atoms with van der Waals surface area (Å²) in [5.41, 5.74) is -0.882. The Kier molecular flexibility index (Phi) is 7.18. The van der Waals surface area contributed by atoms with Crippen LogP contribution >= 0.6 is 0 Å². The maximum Gasteiger partial charge on any atom is 0.416 e. The van der Waals surface area contributed by atoms with Gasteiger partial charge >= 0.3 is 12.1 Å². The first-order valence-electron chi connectivity index (χ1n) is 11.3. The molecule has 1 aliphatic carbocycles. The Balaban J connectivity index is 1.28. The highest BCUT2D eigenvalue weighted by Gasteiger charge is 2.59. The number of halogens is 3. The summed E-state index contributed by atoms with van der Waals surface area (Å²) in [6.45, 7) is -0.476. The molecule has 8 nitrogen and oxygen atoms in total. The van der Waals surface area contributed by atoms with Crippen LogP contribution in [-0.2, 0) is 25.2 Å². The van der Waals surface area contributed by atoms with Crippen molar-refractivity contribution in [2.75, 3.05) is 6.61 Å². The number of carboxylic acid groups (broad SMARTS) is 1. The van der Waals surface area contributed by atoms with Crippen molar-refractivity contribution < 1.29 is 52.3 Å². The molecule has 0 aromatic heterocycles. The van der Waals surface area contributed by atoms with E-state index in [-0.39, 0.29) is 36.7 Å². The highest BCUT2D eigenvalue weighted by Crippen LogP contribution is 2.48. The van der Waals surface area contributed by atoms with Crippen molar-refractivity contribution in [3.05, 3.63) is 29.8 Å². The van der Waals surface area contributed by atoms with E-state index in [0.717, 1.165) is 12.1 Å². The summed E-state index contributed by atoms with van der Waals surface area (Å²) in [5, 5.41) is 29.6. The number of aliphatic carboxylic acids is 1. The summed E-state index contributed by atoms with van der Waals surface area (Å²) in [4.78, 5) is 23.1. The number of carboxylic acids is 1. The summed E-state index contributed by atoms with van der Waals surface area (Å²) < 4.78 is 54.8. The van der Waals surface area contributed by atoms with Gasteiger partial charge in [0, 0.05) is 12.3 Å². The zero-order chi connectivity index (χ0) is 24.6. The first-order chi connectivity index (χ1) is 16.0. The van der Waals surface area contributed by atoms with Gasteiger partial charge in [-0.1, -0.05) is 6.07 Å². The van der Waals surface area contributed by atoms with Gasteiger partial charge in [-0.05, 0) is 49.8 Å². The van der Waals surface area contributed by atoms with E-state index in [1.807, 2.05) is 0 Å². The average Bonchev–Trinajstić information content (AvgIpc) is 3.67. The first kappa shape index (κ1) is 24.9. The van der Waals surface area contributed by atoms with E-state index in [1.54, 1.807) is 0 Å². The Morgan fingerprint density at radius 2 is 1.88 bits per heavy atom. The Bertz CT molecular complexity index is 906. The van der Waals surface area contributed by atoms with E-state index >= 15 is 0 Å². The largest absolute Gasteiger partial charge is 0.486 e. The minimum Gasteiger partial charge on any atom is -0.486 e. The number of alkyl halides is 3. The van der Waals surface area contributed by atoms with Gasteiger partial charge in [-0.15, -0.1) is 0 Å². The van der Waals surface area contributed by atoms with E-state index < -0.39 is 60.4 Å². The number of hydrogen-bond acceptors (Lipinski definition) is 7. The van der Waals surface area contributed by atoms with Gasteiger partial charge in [-0.3, -0.25) is 9.59 Å². The summed E-state index contributed by atoms with van der Waals surface area (Å²) in [7, 11) is 0. The molecule has 0 amide bonds. The lowest BCUT2D eigenvalue weighted by molar-refractivity contribution is -0.138. The Hall–Kier alpha value is -2.21. The molecule has 188 valence electrons. The molecule has 2 saturated heterocycles. The van der Waals surface area contributed by atoms with Crippen molar-refractivity contribution in [1.29, 1.82) is 0 Å². The lowest BCUT2D eigenvalue weighted by Gasteiger charge is -2.21. The maximum atomic E-state index is 12.8. The molecule has 1 saturated carbocycles. The van der Waals surface area contributed by atoms with Crippen molar-refractivity contribution in [3.8, 4) is 5.75 Å².